The summed E-state index contributed by atoms with van der Waals surface area (Å²) in [5.41, 5.74) is 7.16. The first kappa shape index (κ1) is 15.6. The maximum atomic E-state index is 13.6. The van der Waals surface area contributed by atoms with Gasteiger partial charge in [-0.15, -0.1) is 0 Å². The van der Waals surface area contributed by atoms with Crippen molar-refractivity contribution >= 4 is 27.5 Å². The van der Waals surface area contributed by atoms with E-state index in [9.17, 15) is 13.6 Å². The third kappa shape index (κ3) is 3.86. The number of carbonyl (C=O) groups excluding carboxylic acids is 1. The predicted octanol–water partition coefficient (Wildman–Crippen LogP) is 3.37. The molecule has 0 saturated heterocycles. The Labute approximate surface area is 129 Å². The molecule has 3 N–H and O–H groups in total. The SMILES string of the molecule is NCc1ccccc1CC(=O)Nc1cc(Br)c(F)cc1F. The maximum absolute atomic E-state index is 13.6. The van der Waals surface area contributed by atoms with Crippen LogP contribution in [0.25, 0.3) is 0 Å². The van der Waals surface area contributed by atoms with E-state index in [-0.39, 0.29) is 16.6 Å². The molecule has 0 aromatic heterocycles. The number of benzene rings is 2. The summed E-state index contributed by atoms with van der Waals surface area (Å²) >= 11 is 2.95. The molecule has 0 bridgehead atoms. The van der Waals surface area contributed by atoms with Crippen LogP contribution in [0.3, 0.4) is 0 Å². The molecule has 6 heteroatoms. The summed E-state index contributed by atoms with van der Waals surface area (Å²) in [6.07, 6.45) is 0.0712. The van der Waals surface area contributed by atoms with E-state index in [1.54, 1.807) is 12.1 Å². The van der Waals surface area contributed by atoms with Crippen LogP contribution in [0.1, 0.15) is 11.1 Å². The Bertz CT molecular complexity index is 677. The number of hydrogen-bond acceptors (Lipinski definition) is 2. The molecule has 0 aliphatic heterocycles. The standard InChI is InChI=1S/C15H13BrF2N2O/c16-11-6-14(13(18)7-12(11)17)20-15(21)5-9-3-1-2-4-10(9)8-19/h1-4,6-7H,5,8,19H2,(H,20,21). The molecule has 0 aliphatic carbocycles. The molecule has 2 rings (SSSR count). The van der Waals surface area contributed by atoms with Crippen LogP contribution in [0.4, 0.5) is 14.5 Å². The van der Waals surface area contributed by atoms with Gasteiger partial charge in [-0.05, 0) is 33.1 Å². The number of carbonyl (C=O) groups is 1. The topological polar surface area (TPSA) is 55.1 Å². The molecule has 2 aromatic rings. The number of nitrogens with two attached hydrogens (primary N) is 1. The fraction of sp³-hybridized carbons (Fsp3) is 0.133. The summed E-state index contributed by atoms with van der Waals surface area (Å²) in [6, 6.07) is 9.17. The van der Waals surface area contributed by atoms with Gasteiger partial charge in [0.05, 0.1) is 16.6 Å². The quantitative estimate of drug-likeness (QED) is 0.827. The van der Waals surface area contributed by atoms with Crippen molar-refractivity contribution < 1.29 is 13.6 Å². The summed E-state index contributed by atoms with van der Waals surface area (Å²) in [4.78, 5) is 12.0. The van der Waals surface area contributed by atoms with E-state index in [0.717, 1.165) is 11.1 Å². The van der Waals surface area contributed by atoms with E-state index < -0.39 is 17.5 Å². The van der Waals surface area contributed by atoms with E-state index in [2.05, 4.69) is 21.2 Å². The van der Waals surface area contributed by atoms with Gasteiger partial charge in [0.25, 0.3) is 0 Å². The molecule has 21 heavy (non-hydrogen) atoms. The maximum Gasteiger partial charge on any atom is 0.228 e. The van der Waals surface area contributed by atoms with Crippen LogP contribution in [0, 0.1) is 11.6 Å². The fourth-order valence-corrected chi connectivity index (χ4v) is 2.26. The largest absolute Gasteiger partial charge is 0.326 e. The van der Waals surface area contributed by atoms with Crippen LogP contribution in [0.5, 0.6) is 0 Å². The highest BCUT2D eigenvalue weighted by Gasteiger charge is 2.12. The first-order valence-corrected chi connectivity index (χ1v) is 7.02. The van der Waals surface area contributed by atoms with Crippen molar-refractivity contribution in [2.24, 2.45) is 5.73 Å². The zero-order chi connectivity index (χ0) is 15.4. The Morgan fingerprint density at radius 3 is 2.48 bits per heavy atom. The number of amides is 1. The molecule has 0 fully saturated rings. The second-order valence-corrected chi connectivity index (χ2v) is 5.30. The van der Waals surface area contributed by atoms with E-state index in [1.807, 2.05) is 12.1 Å². The van der Waals surface area contributed by atoms with Crippen molar-refractivity contribution in [2.75, 3.05) is 5.32 Å². The van der Waals surface area contributed by atoms with Gasteiger partial charge >= 0.3 is 0 Å². The third-order valence-corrected chi connectivity index (χ3v) is 3.58. The van der Waals surface area contributed by atoms with Gasteiger partial charge in [-0.2, -0.15) is 0 Å². The molecule has 0 aliphatic rings. The number of halogens is 3. The minimum Gasteiger partial charge on any atom is -0.326 e. The Hall–Kier alpha value is -1.79. The summed E-state index contributed by atoms with van der Waals surface area (Å²) in [5.74, 6) is -1.94. The number of rotatable bonds is 4. The molecule has 0 spiro atoms. The second-order valence-electron chi connectivity index (χ2n) is 4.44. The fourth-order valence-electron chi connectivity index (χ4n) is 1.91. The normalized spacial score (nSPS) is 10.5. The van der Waals surface area contributed by atoms with Crippen LogP contribution in [-0.2, 0) is 17.8 Å². The Morgan fingerprint density at radius 2 is 1.81 bits per heavy atom. The first-order valence-electron chi connectivity index (χ1n) is 6.22. The summed E-state index contributed by atoms with van der Waals surface area (Å²) in [7, 11) is 0. The summed E-state index contributed by atoms with van der Waals surface area (Å²) in [5, 5.41) is 2.43. The van der Waals surface area contributed by atoms with Crippen molar-refractivity contribution in [3.8, 4) is 0 Å². The van der Waals surface area contributed by atoms with Crippen LogP contribution in [0.15, 0.2) is 40.9 Å². The lowest BCUT2D eigenvalue weighted by atomic mass is 10.0. The highest BCUT2D eigenvalue weighted by atomic mass is 79.9. The van der Waals surface area contributed by atoms with Gasteiger partial charge in [0.15, 0.2) is 0 Å². The highest BCUT2D eigenvalue weighted by molar-refractivity contribution is 9.10. The monoisotopic (exact) mass is 354 g/mol. The lowest BCUT2D eigenvalue weighted by molar-refractivity contribution is -0.115. The van der Waals surface area contributed by atoms with Crippen LogP contribution < -0.4 is 11.1 Å². The predicted molar refractivity (Wildman–Crippen MR) is 80.7 cm³/mol. The van der Waals surface area contributed by atoms with Gasteiger partial charge in [-0.25, -0.2) is 8.78 Å². The zero-order valence-corrected chi connectivity index (χ0v) is 12.6. The van der Waals surface area contributed by atoms with Gasteiger partial charge in [0.2, 0.25) is 5.91 Å². The van der Waals surface area contributed by atoms with Gasteiger partial charge < -0.3 is 11.1 Å². The number of anilines is 1. The van der Waals surface area contributed by atoms with Crippen LogP contribution >= 0.6 is 15.9 Å². The van der Waals surface area contributed by atoms with Crippen LogP contribution in [0.2, 0.25) is 0 Å². The van der Waals surface area contributed by atoms with Gasteiger partial charge in [0.1, 0.15) is 11.6 Å². The molecule has 3 nitrogen and oxygen atoms in total. The second kappa shape index (κ2) is 6.78. The highest BCUT2D eigenvalue weighted by Crippen LogP contribution is 2.24. The number of hydrogen-bond donors (Lipinski definition) is 2. The zero-order valence-electron chi connectivity index (χ0n) is 11.0. The molecule has 0 unspecified atom stereocenters. The Morgan fingerprint density at radius 1 is 1.14 bits per heavy atom. The molecule has 2 aromatic carbocycles. The lowest BCUT2D eigenvalue weighted by Crippen LogP contribution is -2.17. The minimum atomic E-state index is -0.823. The first-order chi connectivity index (χ1) is 10.0. The molecule has 0 atom stereocenters. The average molecular weight is 355 g/mol. The molecule has 0 radical (unpaired) electrons. The van der Waals surface area contributed by atoms with Gasteiger partial charge in [0, 0.05) is 12.6 Å². The van der Waals surface area contributed by atoms with Crippen molar-refractivity contribution in [2.45, 2.75) is 13.0 Å². The van der Waals surface area contributed by atoms with Gasteiger partial charge in [-0.3, -0.25) is 4.79 Å². The van der Waals surface area contributed by atoms with Crippen LogP contribution in [-0.4, -0.2) is 5.91 Å². The Balaban J connectivity index is 2.14. The molecule has 110 valence electrons. The van der Waals surface area contributed by atoms with Crippen molar-refractivity contribution in [3.05, 3.63) is 63.6 Å². The van der Waals surface area contributed by atoms with E-state index in [4.69, 9.17) is 5.73 Å². The van der Waals surface area contributed by atoms with E-state index in [0.29, 0.717) is 12.6 Å². The van der Waals surface area contributed by atoms with Crippen molar-refractivity contribution in [1.29, 1.82) is 0 Å². The lowest BCUT2D eigenvalue weighted by Gasteiger charge is -2.10. The molecule has 0 heterocycles. The molecular formula is C15H13BrF2N2O. The minimum absolute atomic E-state index is 0.0708. The van der Waals surface area contributed by atoms with E-state index in [1.165, 1.54) is 6.07 Å². The smallest absolute Gasteiger partial charge is 0.228 e. The van der Waals surface area contributed by atoms with E-state index >= 15 is 0 Å². The number of nitrogens with one attached hydrogen (secondary N) is 1. The molecule has 0 saturated carbocycles. The van der Waals surface area contributed by atoms with Crippen molar-refractivity contribution in [3.63, 3.8) is 0 Å². The Kier molecular flexibility index (Phi) is 5.03. The van der Waals surface area contributed by atoms with Gasteiger partial charge in [-0.1, -0.05) is 24.3 Å². The molecular weight excluding hydrogens is 342 g/mol. The average Bonchev–Trinajstić information content (AvgIpc) is 2.45. The summed E-state index contributed by atoms with van der Waals surface area (Å²) < 4.78 is 26.8. The summed E-state index contributed by atoms with van der Waals surface area (Å²) in [6.45, 7) is 0.319. The third-order valence-electron chi connectivity index (χ3n) is 2.97. The molecule has 1 amide bonds. The van der Waals surface area contributed by atoms with Crippen molar-refractivity contribution in [1.82, 2.24) is 0 Å².